The summed E-state index contributed by atoms with van der Waals surface area (Å²) < 4.78 is 0. The number of anilines is 2. The first kappa shape index (κ1) is 14.3. The highest BCUT2D eigenvalue weighted by molar-refractivity contribution is 7.07. The van der Waals surface area contributed by atoms with Gasteiger partial charge in [0.25, 0.3) is 0 Å². The predicted molar refractivity (Wildman–Crippen MR) is 86.0 cm³/mol. The van der Waals surface area contributed by atoms with Gasteiger partial charge in [0.2, 0.25) is 0 Å². The van der Waals surface area contributed by atoms with E-state index in [0.717, 1.165) is 44.0 Å². The van der Waals surface area contributed by atoms with Gasteiger partial charge in [-0.3, -0.25) is 0 Å². The first-order valence-electron chi connectivity index (χ1n) is 7.31. The average Bonchev–Trinajstić information content (AvgIpc) is 3.18. The van der Waals surface area contributed by atoms with Crippen molar-refractivity contribution in [3.8, 4) is 0 Å². The van der Waals surface area contributed by atoms with Gasteiger partial charge in [-0.15, -0.1) is 0 Å². The number of aliphatic hydroxyl groups excluding tert-OH is 1. The maximum atomic E-state index is 9.41. The number of aromatic nitrogens is 2. The molecule has 5 nitrogen and oxygen atoms in total. The van der Waals surface area contributed by atoms with Gasteiger partial charge in [0.15, 0.2) is 0 Å². The number of aliphatic hydroxyl groups is 1. The smallest absolute Gasteiger partial charge is 0.134 e. The van der Waals surface area contributed by atoms with Crippen molar-refractivity contribution in [1.29, 1.82) is 0 Å². The molecule has 3 rings (SSSR count). The molecule has 2 aromatic rings. The zero-order valence-corrected chi connectivity index (χ0v) is 12.7. The van der Waals surface area contributed by atoms with Crippen molar-refractivity contribution in [2.75, 3.05) is 29.9 Å². The minimum atomic E-state index is 0.185. The van der Waals surface area contributed by atoms with E-state index >= 15 is 0 Å². The molecule has 0 spiro atoms. The zero-order chi connectivity index (χ0) is 14.5. The number of nitrogens with one attached hydrogen (secondary N) is 1. The van der Waals surface area contributed by atoms with E-state index in [2.05, 4.69) is 37.0 Å². The van der Waals surface area contributed by atoms with Gasteiger partial charge in [0.1, 0.15) is 18.0 Å². The van der Waals surface area contributed by atoms with E-state index in [1.54, 1.807) is 17.7 Å². The minimum Gasteiger partial charge on any atom is -0.394 e. The summed E-state index contributed by atoms with van der Waals surface area (Å²) in [7, 11) is 0. The second-order valence-electron chi connectivity index (χ2n) is 5.24. The monoisotopic (exact) mass is 304 g/mol. The van der Waals surface area contributed by atoms with E-state index in [0.29, 0.717) is 0 Å². The van der Waals surface area contributed by atoms with E-state index in [9.17, 15) is 5.11 Å². The summed E-state index contributed by atoms with van der Waals surface area (Å²) in [5.74, 6) is 1.75. The third kappa shape index (κ3) is 3.51. The van der Waals surface area contributed by atoms with Gasteiger partial charge in [-0.1, -0.05) is 0 Å². The van der Waals surface area contributed by atoms with Gasteiger partial charge in [0, 0.05) is 19.2 Å². The van der Waals surface area contributed by atoms with Gasteiger partial charge in [-0.25, -0.2) is 9.97 Å². The van der Waals surface area contributed by atoms with Crippen LogP contribution in [0.4, 0.5) is 11.6 Å². The molecule has 2 N–H and O–H groups in total. The molecule has 21 heavy (non-hydrogen) atoms. The Balaban J connectivity index is 1.60. The molecule has 0 unspecified atom stereocenters. The SMILES string of the molecule is OC[C@H]1CCCN1c1cc(NCCc2ccsc2)ncn1. The molecule has 112 valence electrons. The third-order valence-electron chi connectivity index (χ3n) is 3.83. The van der Waals surface area contributed by atoms with Gasteiger partial charge < -0.3 is 15.3 Å². The van der Waals surface area contributed by atoms with E-state index in [-0.39, 0.29) is 12.6 Å². The molecule has 1 saturated heterocycles. The van der Waals surface area contributed by atoms with Crippen molar-refractivity contribution in [3.63, 3.8) is 0 Å². The Hall–Kier alpha value is -1.66. The van der Waals surface area contributed by atoms with Gasteiger partial charge >= 0.3 is 0 Å². The lowest BCUT2D eigenvalue weighted by molar-refractivity contribution is 0.266. The van der Waals surface area contributed by atoms with Crippen LogP contribution in [0.15, 0.2) is 29.2 Å². The molecular formula is C15H20N4OS. The summed E-state index contributed by atoms with van der Waals surface area (Å²) in [6, 6.07) is 4.31. The molecule has 0 amide bonds. The van der Waals surface area contributed by atoms with Crippen LogP contribution >= 0.6 is 11.3 Å². The first-order valence-corrected chi connectivity index (χ1v) is 8.25. The number of rotatable bonds is 6. The van der Waals surface area contributed by atoms with E-state index in [4.69, 9.17) is 0 Å². The van der Waals surface area contributed by atoms with Crippen LogP contribution in [-0.2, 0) is 6.42 Å². The normalized spacial score (nSPS) is 18.1. The van der Waals surface area contributed by atoms with Crippen LogP contribution < -0.4 is 10.2 Å². The fourth-order valence-electron chi connectivity index (χ4n) is 2.70. The molecular weight excluding hydrogens is 284 g/mol. The molecule has 0 saturated carbocycles. The Morgan fingerprint density at radius 3 is 3.19 bits per heavy atom. The van der Waals surface area contributed by atoms with Crippen molar-refractivity contribution in [3.05, 3.63) is 34.8 Å². The Bertz CT molecular complexity index is 561. The lowest BCUT2D eigenvalue weighted by Crippen LogP contribution is -2.32. The van der Waals surface area contributed by atoms with Crippen LogP contribution in [0.5, 0.6) is 0 Å². The number of hydrogen-bond acceptors (Lipinski definition) is 6. The summed E-state index contributed by atoms with van der Waals surface area (Å²) in [5.41, 5.74) is 1.35. The van der Waals surface area contributed by atoms with Crippen LogP contribution in [0.1, 0.15) is 18.4 Å². The maximum Gasteiger partial charge on any atom is 0.134 e. The van der Waals surface area contributed by atoms with Crippen molar-refractivity contribution >= 4 is 23.0 Å². The fraction of sp³-hybridized carbons (Fsp3) is 0.467. The van der Waals surface area contributed by atoms with Gasteiger partial charge in [-0.2, -0.15) is 11.3 Å². The molecule has 1 atom stereocenters. The Kier molecular flexibility index (Phi) is 4.67. The summed E-state index contributed by atoms with van der Waals surface area (Å²) in [5, 5.41) is 17.0. The topological polar surface area (TPSA) is 61.3 Å². The molecule has 6 heteroatoms. The molecule has 1 aliphatic rings. The number of thiophene rings is 1. The quantitative estimate of drug-likeness (QED) is 0.856. The highest BCUT2D eigenvalue weighted by Gasteiger charge is 2.24. The van der Waals surface area contributed by atoms with Crippen LogP contribution in [0.3, 0.4) is 0 Å². The number of nitrogens with zero attached hydrogens (tertiary/aromatic N) is 3. The van der Waals surface area contributed by atoms with Crippen molar-refractivity contribution < 1.29 is 5.11 Å². The summed E-state index contributed by atoms with van der Waals surface area (Å²) >= 11 is 1.72. The zero-order valence-electron chi connectivity index (χ0n) is 11.9. The second-order valence-corrected chi connectivity index (χ2v) is 6.02. The van der Waals surface area contributed by atoms with Crippen molar-refractivity contribution in [2.45, 2.75) is 25.3 Å². The Morgan fingerprint density at radius 1 is 1.43 bits per heavy atom. The van der Waals surface area contributed by atoms with Crippen LogP contribution in [0.25, 0.3) is 0 Å². The molecule has 0 aromatic carbocycles. The van der Waals surface area contributed by atoms with Gasteiger partial charge in [-0.05, 0) is 41.7 Å². The van der Waals surface area contributed by atoms with E-state index < -0.39 is 0 Å². The standard InChI is InChI=1S/C15H20N4OS/c20-9-13-2-1-6-19(13)15-8-14(17-11-18-15)16-5-3-12-4-7-21-10-12/h4,7-8,10-11,13,20H,1-3,5-6,9H2,(H,16,17,18)/t13-/m1/s1. The Labute approximate surface area is 128 Å². The molecule has 0 radical (unpaired) electrons. The predicted octanol–water partition coefficient (Wildman–Crippen LogP) is 2.15. The largest absolute Gasteiger partial charge is 0.394 e. The van der Waals surface area contributed by atoms with Crippen LogP contribution in [0.2, 0.25) is 0 Å². The third-order valence-corrected chi connectivity index (χ3v) is 4.57. The first-order chi connectivity index (χ1) is 10.4. The van der Waals surface area contributed by atoms with Crippen LogP contribution in [0, 0.1) is 0 Å². The second kappa shape index (κ2) is 6.87. The highest BCUT2D eigenvalue weighted by atomic mass is 32.1. The highest BCUT2D eigenvalue weighted by Crippen LogP contribution is 2.24. The summed E-state index contributed by atoms with van der Waals surface area (Å²) in [4.78, 5) is 10.8. The minimum absolute atomic E-state index is 0.185. The van der Waals surface area contributed by atoms with E-state index in [1.807, 2.05) is 6.07 Å². The Morgan fingerprint density at radius 2 is 2.38 bits per heavy atom. The maximum absolute atomic E-state index is 9.41. The lowest BCUT2D eigenvalue weighted by atomic mass is 10.2. The molecule has 0 aliphatic carbocycles. The molecule has 2 aromatic heterocycles. The molecule has 3 heterocycles. The lowest BCUT2D eigenvalue weighted by Gasteiger charge is -2.24. The van der Waals surface area contributed by atoms with Gasteiger partial charge in [0.05, 0.1) is 12.6 Å². The van der Waals surface area contributed by atoms with Crippen molar-refractivity contribution in [2.24, 2.45) is 0 Å². The average molecular weight is 304 g/mol. The molecule has 1 fully saturated rings. The van der Waals surface area contributed by atoms with Crippen molar-refractivity contribution in [1.82, 2.24) is 9.97 Å². The fourth-order valence-corrected chi connectivity index (χ4v) is 3.40. The van der Waals surface area contributed by atoms with E-state index in [1.165, 1.54) is 5.56 Å². The molecule has 1 aliphatic heterocycles. The molecule has 0 bridgehead atoms. The number of hydrogen-bond donors (Lipinski definition) is 2. The summed E-state index contributed by atoms with van der Waals surface area (Å²) in [6.45, 7) is 2.00. The summed E-state index contributed by atoms with van der Waals surface area (Å²) in [6.07, 6.45) is 4.72. The van der Waals surface area contributed by atoms with Crippen LogP contribution in [-0.4, -0.2) is 40.8 Å².